The van der Waals surface area contributed by atoms with Gasteiger partial charge in [-0.1, -0.05) is 24.3 Å². The lowest BCUT2D eigenvalue weighted by Gasteiger charge is -2.24. The minimum atomic E-state index is -4.44. The molecule has 340 valence electrons. The van der Waals surface area contributed by atoms with Crippen molar-refractivity contribution in [1.29, 1.82) is 0 Å². The van der Waals surface area contributed by atoms with Crippen molar-refractivity contribution < 1.29 is 66.1 Å². The zero-order valence-corrected chi connectivity index (χ0v) is 37.5. The molecule has 0 saturated carbocycles. The topological polar surface area (TPSA) is 207 Å². The molecule has 0 amide bonds. The van der Waals surface area contributed by atoms with Crippen LogP contribution in [0.4, 0.5) is 11.4 Å². The van der Waals surface area contributed by atoms with E-state index in [-0.39, 0.29) is 25.9 Å². The number of nitrogens with one attached hydrogen (secondary N) is 2. The van der Waals surface area contributed by atoms with Gasteiger partial charge in [-0.25, -0.2) is 8.42 Å². The van der Waals surface area contributed by atoms with Crippen LogP contribution in [-0.4, -0.2) is 101 Å². The van der Waals surface area contributed by atoms with Crippen LogP contribution in [0.3, 0.4) is 0 Å². The highest BCUT2D eigenvalue weighted by Crippen LogP contribution is 2.44. The molecular formula is C46H56N2O14S. The number of rotatable bonds is 26. The molecule has 0 radical (unpaired) electrons. The number of hydrogen-bond donors (Lipinski definition) is 4. The van der Waals surface area contributed by atoms with Crippen molar-refractivity contribution in [2.45, 2.75) is 36.2 Å². The lowest BCUT2D eigenvalue weighted by Crippen LogP contribution is -2.20. The Morgan fingerprint density at radius 2 is 0.857 bits per heavy atom. The minimum Gasteiger partial charge on any atom is -0.496 e. The van der Waals surface area contributed by atoms with Crippen molar-refractivity contribution in [1.82, 2.24) is 0 Å². The number of aliphatic carboxylic acids is 2. The fraction of sp³-hybridized carbons (Fsp3) is 0.348. The Hall–Kier alpha value is -6.75. The van der Waals surface area contributed by atoms with E-state index in [0.717, 1.165) is 0 Å². The van der Waals surface area contributed by atoms with E-state index in [2.05, 4.69) is 10.6 Å². The monoisotopic (exact) mass is 892 g/mol. The molecule has 4 aromatic rings. The summed E-state index contributed by atoms with van der Waals surface area (Å²) < 4.78 is 76.5. The SMILES string of the molecule is COc1cc(OC)c(C=CC(c2ccc(OC)c(NCCCC(=O)O)c2)S(=O)(=O)C(C=Cc2c(OC)cc(OC)cc2OC)c2ccc(OC)c(NCCCC(=O)O)c2)c(OC)c1. The first-order chi connectivity index (χ1) is 30.3. The van der Waals surface area contributed by atoms with Gasteiger partial charge in [-0.05, 0) is 60.4 Å². The number of hydrogen-bond acceptors (Lipinski definition) is 14. The lowest BCUT2D eigenvalue weighted by atomic mass is 10.1. The van der Waals surface area contributed by atoms with Gasteiger partial charge in [0.25, 0.3) is 0 Å². The molecule has 4 rings (SSSR count). The highest BCUT2D eigenvalue weighted by Gasteiger charge is 2.35. The molecule has 2 unspecified atom stereocenters. The first-order valence-electron chi connectivity index (χ1n) is 19.7. The Morgan fingerprint density at radius 1 is 0.524 bits per heavy atom. The molecule has 0 aliphatic rings. The standard InChI is InChI=1S/C46H56N2O14S/c1-55-31-25-39(59-5)33(40(26-31)60-6)15-19-43(29-13-17-37(57-3)35(23-29)47-21-9-11-45(49)50)63(53,54)44(20-16-34-41(61-7)27-32(56-2)28-42(34)62-8)30-14-18-38(58-4)36(24-30)48-22-10-12-46(51)52/h13-20,23-28,43-44,47-48H,9-12,21-22H2,1-8H3,(H,49,50)(H,51,52). The Kier molecular flexibility index (Phi) is 18.2. The molecule has 4 N–H and O–H groups in total. The Morgan fingerprint density at radius 3 is 1.14 bits per heavy atom. The summed E-state index contributed by atoms with van der Waals surface area (Å²) in [4.78, 5) is 22.5. The van der Waals surface area contributed by atoms with Gasteiger partial charge in [0.15, 0.2) is 9.84 Å². The molecule has 0 aliphatic carbocycles. The summed E-state index contributed by atoms with van der Waals surface area (Å²) in [6.07, 6.45) is 6.77. The average Bonchev–Trinajstić information content (AvgIpc) is 3.28. The molecule has 4 aromatic carbocycles. The van der Waals surface area contributed by atoms with Crippen LogP contribution in [0.25, 0.3) is 12.2 Å². The van der Waals surface area contributed by atoms with Crippen molar-refractivity contribution in [2.24, 2.45) is 0 Å². The fourth-order valence-corrected chi connectivity index (χ4v) is 8.71. The highest BCUT2D eigenvalue weighted by molar-refractivity contribution is 7.92. The Balaban J connectivity index is 2.04. The fourth-order valence-electron chi connectivity index (χ4n) is 6.75. The van der Waals surface area contributed by atoms with Crippen LogP contribution < -0.4 is 48.5 Å². The number of methoxy groups -OCH3 is 8. The average molecular weight is 893 g/mol. The highest BCUT2D eigenvalue weighted by atomic mass is 32.2. The van der Waals surface area contributed by atoms with Crippen LogP contribution >= 0.6 is 0 Å². The predicted octanol–water partition coefficient (Wildman–Crippen LogP) is 7.93. The maximum Gasteiger partial charge on any atom is 0.303 e. The number of benzene rings is 4. The van der Waals surface area contributed by atoms with Gasteiger partial charge >= 0.3 is 11.9 Å². The number of carbonyl (C=O) groups is 2. The number of anilines is 2. The van der Waals surface area contributed by atoms with E-state index in [1.54, 1.807) is 85.0 Å². The molecule has 0 heterocycles. The molecular weight excluding hydrogens is 837 g/mol. The van der Waals surface area contributed by atoms with Gasteiger partial charge in [-0.3, -0.25) is 9.59 Å². The molecule has 0 fully saturated rings. The van der Waals surface area contributed by atoms with Gasteiger partial charge < -0.3 is 58.7 Å². The lowest BCUT2D eigenvalue weighted by molar-refractivity contribution is -0.138. The molecule has 16 nitrogen and oxygen atoms in total. The second-order valence-electron chi connectivity index (χ2n) is 13.8. The zero-order valence-electron chi connectivity index (χ0n) is 36.7. The van der Waals surface area contributed by atoms with Gasteiger partial charge in [-0.15, -0.1) is 0 Å². The number of sulfone groups is 1. The van der Waals surface area contributed by atoms with E-state index in [4.69, 9.17) is 37.9 Å². The summed E-state index contributed by atoms with van der Waals surface area (Å²) in [5, 5.41) is 22.1. The molecule has 2 atom stereocenters. The summed E-state index contributed by atoms with van der Waals surface area (Å²) in [7, 11) is 7.44. The molecule has 0 aromatic heterocycles. The molecule has 0 spiro atoms. The predicted molar refractivity (Wildman–Crippen MR) is 241 cm³/mol. The number of carboxylic acids is 2. The van der Waals surface area contributed by atoms with Crippen LogP contribution in [-0.2, 0) is 19.4 Å². The van der Waals surface area contributed by atoms with E-state index >= 15 is 8.42 Å². The van der Waals surface area contributed by atoms with Gasteiger partial charge in [0.05, 0.1) is 79.4 Å². The largest absolute Gasteiger partial charge is 0.496 e. The quantitative estimate of drug-likeness (QED) is 0.0442. The van der Waals surface area contributed by atoms with Crippen molar-refractivity contribution in [3.63, 3.8) is 0 Å². The maximum absolute atomic E-state index is 15.8. The second-order valence-corrected chi connectivity index (χ2v) is 16.0. The molecule has 0 aliphatic heterocycles. The third-order valence-electron chi connectivity index (χ3n) is 9.96. The summed E-state index contributed by atoms with van der Waals surface area (Å²) in [5.74, 6) is 1.29. The van der Waals surface area contributed by atoms with Crippen LogP contribution in [0.5, 0.6) is 46.0 Å². The molecule has 0 saturated heterocycles. The van der Waals surface area contributed by atoms with Gasteiger partial charge in [0.2, 0.25) is 0 Å². The van der Waals surface area contributed by atoms with Crippen LogP contribution in [0.2, 0.25) is 0 Å². The minimum absolute atomic E-state index is 0.0731. The van der Waals surface area contributed by atoms with Crippen molar-refractivity contribution >= 4 is 45.3 Å². The van der Waals surface area contributed by atoms with Crippen molar-refractivity contribution in [3.8, 4) is 46.0 Å². The van der Waals surface area contributed by atoms with Crippen LogP contribution in [0.1, 0.15) is 58.4 Å². The second kappa shape index (κ2) is 23.5. The van der Waals surface area contributed by atoms with E-state index in [1.165, 1.54) is 56.9 Å². The third kappa shape index (κ3) is 12.7. The van der Waals surface area contributed by atoms with E-state index in [1.807, 2.05) is 0 Å². The first kappa shape index (κ1) is 48.9. The smallest absolute Gasteiger partial charge is 0.303 e. The Bertz CT molecular complexity index is 2160. The summed E-state index contributed by atoms with van der Waals surface area (Å²) in [6.45, 7) is 0.537. The normalized spacial score (nSPS) is 12.3. The van der Waals surface area contributed by atoms with E-state index < -0.39 is 32.3 Å². The number of carboxylic acid groups (broad SMARTS) is 2. The molecule has 0 bridgehead atoms. The summed E-state index contributed by atoms with van der Waals surface area (Å²) in [6, 6.07) is 16.5. The van der Waals surface area contributed by atoms with Crippen molar-refractivity contribution in [3.05, 3.63) is 95.1 Å². The van der Waals surface area contributed by atoms with E-state index in [9.17, 15) is 19.8 Å². The Labute approximate surface area is 368 Å². The van der Waals surface area contributed by atoms with Gasteiger partial charge in [0.1, 0.15) is 56.5 Å². The zero-order chi connectivity index (χ0) is 46.1. The van der Waals surface area contributed by atoms with Crippen LogP contribution in [0.15, 0.2) is 72.8 Å². The van der Waals surface area contributed by atoms with Crippen molar-refractivity contribution in [2.75, 3.05) is 80.6 Å². The number of ether oxygens (including phenoxy) is 8. The maximum atomic E-state index is 15.8. The molecule has 17 heteroatoms. The van der Waals surface area contributed by atoms with Gasteiger partial charge in [0, 0.05) is 50.2 Å². The van der Waals surface area contributed by atoms with Crippen LogP contribution in [0, 0.1) is 0 Å². The van der Waals surface area contributed by atoms with Gasteiger partial charge in [-0.2, -0.15) is 0 Å². The van der Waals surface area contributed by atoms with E-state index in [0.29, 0.717) is 92.5 Å². The summed E-state index contributed by atoms with van der Waals surface area (Å²) in [5.41, 5.74) is 2.48. The summed E-state index contributed by atoms with van der Waals surface area (Å²) >= 11 is 0. The first-order valence-corrected chi connectivity index (χ1v) is 21.4. The molecule has 63 heavy (non-hydrogen) atoms. The third-order valence-corrected chi connectivity index (χ3v) is 12.2.